The van der Waals surface area contributed by atoms with Crippen molar-refractivity contribution in [3.05, 3.63) is 23.9 Å². The molecule has 50 valence electrons. The molecule has 0 saturated carbocycles. The van der Waals surface area contributed by atoms with Crippen LogP contribution in [-0.2, 0) is 0 Å². The summed E-state index contributed by atoms with van der Waals surface area (Å²) < 4.78 is 0. The number of dihydropyridines is 1. The van der Waals surface area contributed by atoms with Crippen molar-refractivity contribution in [1.29, 1.82) is 0 Å². The average molecular weight is 143 g/mol. The maximum atomic E-state index is 8.98. The van der Waals surface area contributed by atoms with Gasteiger partial charge in [0.2, 0.25) is 0 Å². The van der Waals surface area contributed by atoms with E-state index in [0.29, 0.717) is 0 Å². The molecule has 9 heavy (non-hydrogen) atoms. The molecule has 3 heteroatoms. The lowest BCUT2D eigenvalue weighted by atomic mass is 10.2. The third-order valence-electron chi connectivity index (χ3n) is 1.16. The number of aliphatic hydroxyl groups is 1. The molecule has 2 N–H and O–H groups in total. The van der Waals surface area contributed by atoms with Gasteiger partial charge in [0, 0.05) is 12.7 Å². The molecular weight excluding hydrogens is 133 g/mol. The Balaban J connectivity index is 2.58. The topological polar surface area (TPSA) is 32.3 Å². The van der Waals surface area contributed by atoms with Crippen LogP contribution in [0.4, 0.5) is 0 Å². The summed E-state index contributed by atoms with van der Waals surface area (Å²) in [5, 5.41) is 12.0. The molecule has 0 fully saturated rings. The fourth-order valence-corrected chi connectivity index (χ4v) is 0.879. The van der Waals surface area contributed by atoms with E-state index in [1.54, 1.807) is 0 Å². The maximum absolute atomic E-state index is 8.98. The second kappa shape index (κ2) is 3.00. The van der Waals surface area contributed by atoms with Crippen molar-refractivity contribution in [3.8, 4) is 0 Å². The van der Waals surface area contributed by atoms with Crippen LogP contribution in [0.5, 0.6) is 0 Å². The van der Waals surface area contributed by atoms with Crippen molar-refractivity contribution in [3.63, 3.8) is 0 Å². The fourth-order valence-electron chi connectivity index (χ4n) is 0.672. The van der Waals surface area contributed by atoms with Crippen LogP contribution in [-0.4, -0.2) is 17.5 Å². The summed E-state index contributed by atoms with van der Waals surface area (Å²) in [6.45, 7) is 0.862. The lowest BCUT2D eigenvalue weighted by molar-refractivity contribution is 0.300. The normalized spacial score (nSPS) is 20.4. The number of hydrogen-bond donors (Lipinski definition) is 2. The first-order valence-electron chi connectivity index (χ1n) is 2.84. The predicted octanol–water partition coefficient (Wildman–Crippen LogP) is 0.223. The standard InChI is InChI=1S/C6H10NOP/c8-6(9)5-2-1-3-7-4-5/h1-2,4,6-8H,3,9H2. The molecule has 0 aromatic carbocycles. The van der Waals surface area contributed by atoms with E-state index in [4.69, 9.17) is 5.11 Å². The molecule has 0 aromatic rings. The highest BCUT2D eigenvalue weighted by atomic mass is 31.0. The molecule has 0 spiro atoms. The highest BCUT2D eigenvalue weighted by molar-refractivity contribution is 7.17. The minimum atomic E-state index is -0.436. The van der Waals surface area contributed by atoms with Crippen molar-refractivity contribution in [1.82, 2.24) is 5.32 Å². The highest BCUT2D eigenvalue weighted by Crippen LogP contribution is 2.10. The lowest BCUT2D eigenvalue weighted by Crippen LogP contribution is -2.13. The summed E-state index contributed by atoms with van der Waals surface area (Å²) in [6, 6.07) is 0. The zero-order valence-corrected chi connectivity index (χ0v) is 6.20. The Kier molecular flexibility index (Phi) is 2.26. The molecule has 1 heterocycles. The van der Waals surface area contributed by atoms with E-state index in [1.165, 1.54) is 0 Å². The minimum Gasteiger partial charge on any atom is -0.387 e. The number of rotatable bonds is 1. The van der Waals surface area contributed by atoms with Gasteiger partial charge in [-0.3, -0.25) is 0 Å². The third kappa shape index (κ3) is 1.81. The van der Waals surface area contributed by atoms with Crippen LogP contribution >= 0.6 is 9.24 Å². The Bertz CT molecular complexity index is 151. The van der Waals surface area contributed by atoms with Crippen molar-refractivity contribution >= 4 is 9.24 Å². The van der Waals surface area contributed by atoms with Crippen LogP contribution in [0.25, 0.3) is 0 Å². The first kappa shape index (κ1) is 6.79. The van der Waals surface area contributed by atoms with Gasteiger partial charge in [-0.1, -0.05) is 12.2 Å². The second-order valence-electron chi connectivity index (χ2n) is 1.90. The predicted molar refractivity (Wildman–Crippen MR) is 40.9 cm³/mol. The molecule has 1 aliphatic heterocycles. The maximum Gasteiger partial charge on any atom is 0.0935 e. The summed E-state index contributed by atoms with van der Waals surface area (Å²) in [5.74, 6) is -0.436. The van der Waals surface area contributed by atoms with Crippen LogP contribution in [0.2, 0.25) is 0 Å². The molecule has 2 nitrogen and oxygen atoms in total. The van der Waals surface area contributed by atoms with Gasteiger partial charge in [-0.2, -0.15) is 0 Å². The van der Waals surface area contributed by atoms with E-state index in [1.807, 2.05) is 18.4 Å². The highest BCUT2D eigenvalue weighted by Gasteiger charge is 2.01. The molecule has 0 bridgehead atoms. The molecule has 2 unspecified atom stereocenters. The Morgan fingerprint density at radius 2 is 2.56 bits per heavy atom. The van der Waals surface area contributed by atoms with Gasteiger partial charge in [-0.15, -0.1) is 9.24 Å². The molecule has 0 aromatic heterocycles. The summed E-state index contributed by atoms with van der Waals surface area (Å²) in [5.41, 5.74) is 0.909. The lowest BCUT2D eigenvalue weighted by Gasteiger charge is -2.09. The van der Waals surface area contributed by atoms with Gasteiger partial charge in [0.25, 0.3) is 0 Å². The van der Waals surface area contributed by atoms with E-state index < -0.39 is 5.85 Å². The molecule has 0 aliphatic carbocycles. The Labute approximate surface area is 56.9 Å². The summed E-state index contributed by atoms with van der Waals surface area (Å²) in [7, 11) is 2.32. The van der Waals surface area contributed by atoms with E-state index in [2.05, 4.69) is 14.6 Å². The van der Waals surface area contributed by atoms with Crippen LogP contribution in [0, 0.1) is 0 Å². The van der Waals surface area contributed by atoms with Crippen LogP contribution < -0.4 is 5.32 Å². The number of aliphatic hydroxyl groups excluding tert-OH is 1. The SMILES string of the molecule is OC(P)C1=CNCC=C1. The zero-order valence-electron chi connectivity index (χ0n) is 5.04. The van der Waals surface area contributed by atoms with E-state index in [-0.39, 0.29) is 0 Å². The van der Waals surface area contributed by atoms with Crippen molar-refractivity contribution < 1.29 is 5.11 Å². The van der Waals surface area contributed by atoms with Gasteiger partial charge < -0.3 is 10.4 Å². The Hall–Kier alpha value is -0.330. The van der Waals surface area contributed by atoms with Crippen LogP contribution in [0.15, 0.2) is 23.9 Å². The smallest absolute Gasteiger partial charge is 0.0935 e. The molecule has 1 aliphatic rings. The van der Waals surface area contributed by atoms with Gasteiger partial charge >= 0.3 is 0 Å². The van der Waals surface area contributed by atoms with Crippen molar-refractivity contribution in [2.24, 2.45) is 0 Å². The van der Waals surface area contributed by atoms with E-state index in [0.717, 1.165) is 12.1 Å². The molecule has 1 rings (SSSR count). The second-order valence-corrected chi connectivity index (χ2v) is 2.53. The first-order chi connectivity index (χ1) is 4.30. The average Bonchev–Trinajstić information content (AvgIpc) is 1.90. The zero-order chi connectivity index (χ0) is 6.69. The molecule has 0 amide bonds. The fraction of sp³-hybridized carbons (Fsp3) is 0.333. The molecule has 2 atom stereocenters. The van der Waals surface area contributed by atoms with Crippen molar-refractivity contribution in [2.45, 2.75) is 5.85 Å². The summed E-state index contributed by atoms with van der Waals surface area (Å²) in [4.78, 5) is 0. The number of nitrogens with one attached hydrogen (secondary N) is 1. The largest absolute Gasteiger partial charge is 0.387 e. The van der Waals surface area contributed by atoms with Gasteiger partial charge in [-0.25, -0.2) is 0 Å². The Morgan fingerprint density at radius 1 is 1.78 bits per heavy atom. The minimum absolute atomic E-state index is 0.436. The number of hydrogen-bond acceptors (Lipinski definition) is 2. The van der Waals surface area contributed by atoms with Gasteiger partial charge in [0.15, 0.2) is 0 Å². The summed E-state index contributed by atoms with van der Waals surface area (Å²) in [6.07, 6.45) is 5.70. The Morgan fingerprint density at radius 3 is 2.89 bits per heavy atom. The molecule has 0 saturated heterocycles. The first-order valence-corrected chi connectivity index (χ1v) is 3.51. The van der Waals surface area contributed by atoms with Gasteiger partial charge in [0.1, 0.15) is 0 Å². The van der Waals surface area contributed by atoms with Gasteiger partial charge in [0.05, 0.1) is 5.85 Å². The van der Waals surface area contributed by atoms with Crippen LogP contribution in [0.1, 0.15) is 0 Å². The van der Waals surface area contributed by atoms with Crippen LogP contribution in [0.3, 0.4) is 0 Å². The third-order valence-corrected chi connectivity index (χ3v) is 1.54. The quantitative estimate of drug-likeness (QED) is 0.515. The van der Waals surface area contributed by atoms with Crippen molar-refractivity contribution in [2.75, 3.05) is 6.54 Å². The monoisotopic (exact) mass is 143 g/mol. The van der Waals surface area contributed by atoms with E-state index >= 15 is 0 Å². The van der Waals surface area contributed by atoms with Gasteiger partial charge in [-0.05, 0) is 5.57 Å². The molecule has 0 radical (unpaired) electrons. The van der Waals surface area contributed by atoms with E-state index in [9.17, 15) is 0 Å². The summed E-state index contributed by atoms with van der Waals surface area (Å²) >= 11 is 0. The molecular formula is C6H10NOP.